The average Bonchev–Trinajstić information content (AvgIpc) is 2.24. The maximum absolute atomic E-state index is 12.0. The molecule has 0 bridgehead atoms. The van der Waals surface area contributed by atoms with E-state index in [4.69, 9.17) is 5.73 Å². The highest BCUT2D eigenvalue weighted by Gasteiger charge is 2.28. The summed E-state index contributed by atoms with van der Waals surface area (Å²) in [6, 6.07) is 7.69. The summed E-state index contributed by atoms with van der Waals surface area (Å²) in [5, 5.41) is 0. The van der Waals surface area contributed by atoms with E-state index in [0.29, 0.717) is 13.0 Å². The number of thioether (sulfide) groups is 1. The fraction of sp³-hybridized carbons (Fsp3) is 0.500. The minimum Gasteiger partial charge on any atom is -0.330 e. The molecule has 1 atom stereocenters. The molecule has 0 aliphatic heterocycles. The van der Waals surface area contributed by atoms with Gasteiger partial charge in [0.15, 0.2) is 0 Å². The van der Waals surface area contributed by atoms with Gasteiger partial charge in [-0.05, 0) is 36.9 Å². The van der Waals surface area contributed by atoms with E-state index in [-0.39, 0.29) is 23.4 Å². The molecule has 0 aliphatic rings. The fourth-order valence-electron chi connectivity index (χ4n) is 1.76. The quantitative estimate of drug-likeness (QED) is 0.877. The Bertz CT molecular complexity index is 352. The number of hydrogen-bond acceptors (Lipinski definition) is 2. The summed E-state index contributed by atoms with van der Waals surface area (Å²) in [5.74, 6) is 0.0609. The van der Waals surface area contributed by atoms with Crippen molar-refractivity contribution in [3.8, 4) is 0 Å². The van der Waals surface area contributed by atoms with Crippen LogP contribution in [0.5, 0.6) is 0 Å². The van der Waals surface area contributed by atoms with Crippen LogP contribution >= 0.6 is 11.8 Å². The van der Waals surface area contributed by atoms with Crippen molar-refractivity contribution in [2.24, 2.45) is 5.73 Å². The lowest BCUT2D eigenvalue weighted by atomic mass is 9.93. The Morgan fingerprint density at radius 1 is 1.29 bits per heavy atom. The molecular weight excluding hydrogens is 247 g/mol. The van der Waals surface area contributed by atoms with Gasteiger partial charge in [0.05, 0.1) is 0 Å². The van der Waals surface area contributed by atoms with Gasteiger partial charge in [-0.25, -0.2) is 0 Å². The van der Waals surface area contributed by atoms with E-state index in [9.17, 15) is 13.2 Å². The van der Waals surface area contributed by atoms with Gasteiger partial charge in [0.2, 0.25) is 0 Å². The predicted molar refractivity (Wildman–Crippen MR) is 66.1 cm³/mol. The third-order valence-electron chi connectivity index (χ3n) is 2.64. The van der Waals surface area contributed by atoms with Crippen molar-refractivity contribution < 1.29 is 13.2 Å². The number of benzene rings is 1. The molecule has 0 amide bonds. The second-order valence-electron chi connectivity index (χ2n) is 3.87. The van der Waals surface area contributed by atoms with E-state index in [1.54, 1.807) is 0 Å². The molecule has 0 spiro atoms. The molecule has 1 aromatic carbocycles. The highest BCUT2D eigenvalue weighted by Crippen LogP contribution is 2.33. The zero-order valence-corrected chi connectivity index (χ0v) is 10.4. The molecule has 0 heterocycles. The molecule has 1 unspecified atom stereocenters. The van der Waals surface area contributed by atoms with Gasteiger partial charge in [0.1, 0.15) is 0 Å². The maximum atomic E-state index is 12.0. The van der Waals surface area contributed by atoms with Crippen LogP contribution in [0.1, 0.15) is 23.5 Å². The first-order valence-corrected chi connectivity index (χ1v) is 6.39. The van der Waals surface area contributed by atoms with E-state index >= 15 is 0 Å². The molecule has 2 N–H and O–H groups in total. The zero-order valence-electron chi connectivity index (χ0n) is 9.63. The Kier molecular flexibility index (Phi) is 5.33. The molecule has 0 radical (unpaired) electrons. The predicted octanol–water partition coefficient (Wildman–Crippen LogP) is 3.68. The van der Waals surface area contributed by atoms with Crippen LogP contribution in [0, 0.1) is 6.92 Å². The van der Waals surface area contributed by atoms with E-state index < -0.39 is 5.51 Å². The summed E-state index contributed by atoms with van der Waals surface area (Å²) in [7, 11) is 0. The number of nitrogens with two attached hydrogens (primary N) is 1. The number of rotatable bonds is 5. The van der Waals surface area contributed by atoms with Crippen molar-refractivity contribution in [1.29, 1.82) is 0 Å². The zero-order chi connectivity index (χ0) is 12.9. The minimum atomic E-state index is -4.15. The molecule has 5 heteroatoms. The first-order valence-electron chi connectivity index (χ1n) is 5.40. The van der Waals surface area contributed by atoms with Crippen LogP contribution in [0.2, 0.25) is 0 Å². The SMILES string of the molecule is Cc1ccccc1C(CN)CCSC(F)(F)F. The minimum absolute atomic E-state index is 0.00560. The molecule has 17 heavy (non-hydrogen) atoms. The van der Waals surface area contributed by atoms with Gasteiger partial charge >= 0.3 is 5.51 Å². The second kappa shape index (κ2) is 6.31. The van der Waals surface area contributed by atoms with Crippen molar-refractivity contribution in [2.75, 3.05) is 12.3 Å². The van der Waals surface area contributed by atoms with Crippen molar-refractivity contribution >= 4 is 11.8 Å². The lowest BCUT2D eigenvalue weighted by Crippen LogP contribution is -2.15. The van der Waals surface area contributed by atoms with E-state index in [1.807, 2.05) is 31.2 Å². The number of halogens is 3. The average molecular weight is 263 g/mol. The number of alkyl halides is 3. The summed E-state index contributed by atoms with van der Waals surface area (Å²) in [4.78, 5) is 0. The highest BCUT2D eigenvalue weighted by molar-refractivity contribution is 8.00. The molecule has 1 rings (SSSR count). The van der Waals surface area contributed by atoms with E-state index in [0.717, 1.165) is 11.1 Å². The van der Waals surface area contributed by atoms with Gasteiger partial charge in [0.25, 0.3) is 0 Å². The summed E-state index contributed by atoms with van der Waals surface area (Å²) in [6.45, 7) is 2.33. The second-order valence-corrected chi connectivity index (χ2v) is 5.03. The van der Waals surface area contributed by atoms with Gasteiger partial charge in [-0.2, -0.15) is 13.2 Å². The van der Waals surface area contributed by atoms with Crippen LogP contribution in [0.4, 0.5) is 13.2 Å². The topological polar surface area (TPSA) is 26.0 Å². The van der Waals surface area contributed by atoms with Crippen LogP contribution in [0.15, 0.2) is 24.3 Å². The summed E-state index contributed by atoms with van der Waals surface area (Å²) >= 11 is 0.0222. The standard InChI is InChI=1S/C12H16F3NS/c1-9-4-2-3-5-11(9)10(8-16)6-7-17-12(13,14)15/h2-5,10H,6-8,16H2,1H3. The molecule has 1 aromatic rings. The monoisotopic (exact) mass is 263 g/mol. The Hall–Kier alpha value is -0.680. The molecule has 0 fully saturated rings. The third kappa shape index (κ3) is 5.00. The van der Waals surface area contributed by atoms with Crippen LogP contribution in [0.3, 0.4) is 0 Å². The van der Waals surface area contributed by atoms with Crippen LogP contribution in [-0.4, -0.2) is 17.8 Å². The molecule has 0 aliphatic carbocycles. The largest absolute Gasteiger partial charge is 0.441 e. The van der Waals surface area contributed by atoms with Crippen molar-refractivity contribution in [1.82, 2.24) is 0 Å². The lowest BCUT2D eigenvalue weighted by molar-refractivity contribution is -0.0328. The van der Waals surface area contributed by atoms with E-state index in [1.165, 1.54) is 0 Å². The van der Waals surface area contributed by atoms with Crippen LogP contribution < -0.4 is 5.73 Å². The molecule has 1 nitrogen and oxygen atoms in total. The van der Waals surface area contributed by atoms with Crippen LogP contribution in [0.25, 0.3) is 0 Å². The van der Waals surface area contributed by atoms with E-state index in [2.05, 4.69) is 0 Å². The lowest BCUT2D eigenvalue weighted by Gasteiger charge is -2.17. The Balaban J connectivity index is 2.58. The van der Waals surface area contributed by atoms with Gasteiger partial charge < -0.3 is 5.73 Å². The first kappa shape index (κ1) is 14.4. The van der Waals surface area contributed by atoms with Crippen molar-refractivity contribution in [2.45, 2.75) is 24.8 Å². The van der Waals surface area contributed by atoms with Crippen LogP contribution in [-0.2, 0) is 0 Å². The fourth-order valence-corrected chi connectivity index (χ4v) is 2.40. The molecule has 0 aromatic heterocycles. The van der Waals surface area contributed by atoms with Gasteiger partial charge in [-0.1, -0.05) is 36.0 Å². The summed E-state index contributed by atoms with van der Waals surface area (Å²) < 4.78 is 36.1. The molecule has 0 saturated heterocycles. The summed E-state index contributed by atoms with van der Waals surface area (Å²) in [5.41, 5.74) is 3.62. The van der Waals surface area contributed by atoms with Crippen molar-refractivity contribution in [3.05, 3.63) is 35.4 Å². The number of hydrogen-bond donors (Lipinski definition) is 1. The molecular formula is C12H16F3NS. The normalized spacial score (nSPS) is 13.7. The summed E-state index contributed by atoms with van der Waals surface area (Å²) in [6.07, 6.45) is 0.450. The number of aryl methyl sites for hydroxylation is 1. The van der Waals surface area contributed by atoms with Gasteiger partial charge in [-0.15, -0.1) is 0 Å². The Labute approximate surface area is 104 Å². The van der Waals surface area contributed by atoms with Gasteiger partial charge in [-0.3, -0.25) is 0 Å². The van der Waals surface area contributed by atoms with Gasteiger partial charge in [0, 0.05) is 5.75 Å². The van der Waals surface area contributed by atoms with Crippen molar-refractivity contribution in [3.63, 3.8) is 0 Å². The molecule has 96 valence electrons. The maximum Gasteiger partial charge on any atom is 0.441 e. The smallest absolute Gasteiger partial charge is 0.330 e. The Morgan fingerprint density at radius 2 is 1.94 bits per heavy atom. The Morgan fingerprint density at radius 3 is 2.47 bits per heavy atom. The molecule has 0 saturated carbocycles. The third-order valence-corrected chi connectivity index (χ3v) is 3.41. The highest BCUT2D eigenvalue weighted by atomic mass is 32.2. The first-order chi connectivity index (χ1) is 7.94.